The van der Waals surface area contributed by atoms with Crippen molar-refractivity contribution in [2.24, 2.45) is 0 Å². The number of rotatable bonds is 6. The molecule has 0 aliphatic heterocycles. The first kappa shape index (κ1) is 17.7. The van der Waals surface area contributed by atoms with Gasteiger partial charge in [-0.2, -0.15) is 5.10 Å². The molecule has 3 aromatic rings. The molecular weight excluding hydrogens is 356 g/mol. The lowest BCUT2D eigenvalue weighted by atomic mass is 10.1. The number of nitrogens with one attached hydrogen (secondary N) is 1. The van der Waals surface area contributed by atoms with E-state index in [0.717, 1.165) is 11.1 Å². The largest absolute Gasteiger partial charge is 0.507 e. The number of carbonyl (C=O) groups excluding carboxylic acids is 1. The first-order valence-electron chi connectivity index (χ1n) is 7.70. The summed E-state index contributed by atoms with van der Waals surface area (Å²) < 4.78 is 1.46. The molecule has 0 spiro atoms. The van der Waals surface area contributed by atoms with Crippen LogP contribution >= 0.6 is 11.8 Å². The van der Waals surface area contributed by atoms with E-state index in [1.807, 2.05) is 31.2 Å². The lowest BCUT2D eigenvalue weighted by Crippen LogP contribution is -2.29. The Kier molecular flexibility index (Phi) is 5.08. The van der Waals surface area contributed by atoms with E-state index < -0.39 is 18.4 Å². The normalized spacial score (nSPS) is 10.8. The van der Waals surface area contributed by atoms with E-state index in [2.05, 4.69) is 15.4 Å². The van der Waals surface area contributed by atoms with Crippen molar-refractivity contribution < 1.29 is 19.8 Å². The number of carboxylic acid groups (broad SMARTS) is 1. The molecule has 0 bridgehead atoms. The van der Waals surface area contributed by atoms with Crippen LogP contribution in [0, 0.1) is 6.92 Å². The van der Waals surface area contributed by atoms with Crippen LogP contribution in [-0.2, 0) is 10.5 Å². The second-order valence-electron chi connectivity index (χ2n) is 5.53. The maximum Gasteiger partial charge on any atom is 0.322 e. The summed E-state index contributed by atoms with van der Waals surface area (Å²) in [7, 11) is 0. The molecule has 134 valence electrons. The fraction of sp³-hybridized carbons (Fsp3) is 0.176. The first-order valence-corrected chi connectivity index (χ1v) is 8.69. The fourth-order valence-corrected chi connectivity index (χ4v) is 3.50. The summed E-state index contributed by atoms with van der Waals surface area (Å²) in [5, 5.41) is 25.9. The second kappa shape index (κ2) is 7.44. The molecule has 0 unspecified atom stereocenters. The topological polar surface area (TPSA) is 117 Å². The summed E-state index contributed by atoms with van der Waals surface area (Å²) in [6, 6.07) is 9.40. The van der Waals surface area contributed by atoms with E-state index in [9.17, 15) is 14.7 Å². The standard InChI is InChI=1S/C17H16N4O4S/c1-10-4-2-3-5-11(10)8-26-13-6-12(22)15(16-19-9-20-21(13)16)17(25)18-7-14(23)24/h2-6,9,22H,7-8H2,1H3,(H,18,25)(H,23,24). The smallest absolute Gasteiger partial charge is 0.322 e. The monoisotopic (exact) mass is 372 g/mol. The van der Waals surface area contributed by atoms with Crippen LogP contribution in [-0.4, -0.2) is 43.2 Å². The van der Waals surface area contributed by atoms with Crippen LogP contribution in [0.15, 0.2) is 41.7 Å². The Hall–Kier alpha value is -3.07. The van der Waals surface area contributed by atoms with Gasteiger partial charge in [-0.15, -0.1) is 11.8 Å². The molecular formula is C17H16N4O4S. The molecule has 1 amide bonds. The lowest BCUT2D eigenvalue weighted by molar-refractivity contribution is -0.135. The molecule has 0 aliphatic rings. The summed E-state index contributed by atoms with van der Waals surface area (Å²) >= 11 is 1.45. The molecule has 3 N–H and O–H groups in total. The van der Waals surface area contributed by atoms with Gasteiger partial charge in [-0.1, -0.05) is 24.3 Å². The van der Waals surface area contributed by atoms with Crippen LogP contribution in [0.5, 0.6) is 5.75 Å². The SMILES string of the molecule is Cc1ccccc1CSc1cc(O)c(C(=O)NCC(=O)O)c2ncnn12. The summed E-state index contributed by atoms with van der Waals surface area (Å²) in [5.41, 5.74) is 2.36. The number of pyridine rings is 1. The Morgan fingerprint density at radius 2 is 2.08 bits per heavy atom. The summed E-state index contributed by atoms with van der Waals surface area (Å²) in [4.78, 5) is 26.8. The molecule has 26 heavy (non-hydrogen) atoms. The summed E-state index contributed by atoms with van der Waals surface area (Å²) in [6.07, 6.45) is 1.28. The van der Waals surface area contributed by atoms with Crippen molar-refractivity contribution >= 4 is 29.3 Å². The Morgan fingerprint density at radius 1 is 1.31 bits per heavy atom. The Labute approximate surface area is 152 Å². The maximum absolute atomic E-state index is 12.2. The predicted octanol–water partition coefficient (Wildman–Crippen LogP) is 1.85. The number of aromatic nitrogens is 3. The third kappa shape index (κ3) is 3.62. The molecule has 0 radical (unpaired) electrons. The minimum absolute atomic E-state index is 0.107. The van der Waals surface area contributed by atoms with Crippen LogP contribution in [0.2, 0.25) is 0 Å². The number of hydrogen-bond donors (Lipinski definition) is 3. The third-order valence-corrected chi connectivity index (χ3v) is 4.80. The van der Waals surface area contributed by atoms with Gasteiger partial charge in [-0.05, 0) is 18.1 Å². The number of benzene rings is 1. The van der Waals surface area contributed by atoms with Crippen LogP contribution < -0.4 is 5.32 Å². The first-order chi connectivity index (χ1) is 12.5. The maximum atomic E-state index is 12.2. The molecule has 0 saturated carbocycles. The van der Waals surface area contributed by atoms with E-state index in [0.29, 0.717) is 10.8 Å². The average Bonchev–Trinajstić information content (AvgIpc) is 3.08. The lowest BCUT2D eigenvalue weighted by Gasteiger charge is -2.11. The quantitative estimate of drug-likeness (QED) is 0.565. The minimum atomic E-state index is -1.18. The molecule has 0 saturated heterocycles. The van der Waals surface area contributed by atoms with Crippen molar-refractivity contribution in [3.05, 3.63) is 53.3 Å². The van der Waals surface area contributed by atoms with Crippen LogP contribution in [0.4, 0.5) is 0 Å². The number of fused-ring (bicyclic) bond motifs is 1. The van der Waals surface area contributed by atoms with E-state index in [-0.39, 0.29) is 17.0 Å². The van der Waals surface area contributed by atoms with E-state index in [1.54, 1.807) is 0 Å². The summed E-state index contributed by atoms with van der Waals surface area (Å²) in [6.45, 7) is 1.47. The van der Waals surface area contributed by atoms with Crippen LogP contribution in [0.3, 0.4) is 0 Å². The molecule has 0 fully saturated rings. The Bertz CT molecular complexity index is 986. The molecule has 3 rings (SSSR count). The predicted molar refractivity (Wildman–Crippen MR) is 95.4 cm³/mol. The molecule has 1 aromatic carbocycles. The fourth-order valence-electron chi connectivity index (χ4n) is 2.43. The summed E-state index contributed by atoms with van der Waals surface area (Å²) in [5.74, 6) is -1.52. The van der Waals surface area contributed by atoms with Crippen molar-refractivity contribution in [1.29, 1.82) is 0 Å². The molecule has 8 nitrogen and oxygen atoms in total. The van der Waals surface area contributed by atoms with Crippen molar-refractivity contribution in [1.82, 2.24) is 19.9 Å². The number of aryl methyl sites for hydroxylation is 1. The van der Waals surface area contributed by atoms with Gasteiger partial charge in [-0.3, -0.25) is 9.59 Å². The average molecular weight is 372 g/mol. The van der Waals surface area contributed by atoms with Gasteiger partial charge in [0.15, 0.2) is 5.65 Å². The van der Waals surface area contributed by atoms with Gasteiger partial charge in [0.25, 0.3) is 5.91 Å². The zero-order chi connectivity index (χ0) is 18.7. The highest BCUT2D eigenvalue weighted by Crippen LogP contribution is 2.31. The van der Waals surface area contributed by atoms with Gasteiger partial charge in [0, 0.05) is 11.8 Å². The zero-order valence-electron chi connectivity index (χ0n) is 13.8. The van der Waals surface area contributed by atoms with E-state index >= 15 is 0 Å². The van der Waals surface area contributed by atoms with Crippen LogP contribution in [0.1, 0.15) is 21.5 Å². The number of aliphatic carboxylic acids is 1. The Balaban J connectivity index is 1.91. The number of thioether (sulfide) groups is 1. The van der Waals surface area contributed by atoms with Crippen molar-refractivity contribution in [2.75, 3.05) is 6.54 Å². The molecule has 0 atom stereocenters. The number of carboxylic acids is 1. The van der Waals surface area contributed by atoms with Crippen molar-refractivity contribution in [3.8, 4) is 5.75 Å². The van der Waals surface area contributed by atoms with Gasteiger partial charge < -0.3 is 15.5 Å². The minimum Gasteiger partial charge on any atom is -0.507 e. The number of carbonyl (C=O) groups is 2. The number of aromatic hydroxyl groups is 1. The van der Waals surface area contributed by atoms with Crippen molar-refractivity contribution in [2.45, 2.75) is 17.7 Å². The highest BCUT2D eigenvalue weighted by Gasteiger charge is 2.21. The second-order valence-corrected chi connectivity index (χ2v) is 6.53. The molecule has 2 aromatic heterocycles. The van der Waals surface area contributed by atoms with Gasteiger partial charge in [0.1, 0.15) is 29.2 Å². The van der Waals surface area contributed by atoms with E-state index in [4.69, 9.17) is 5.11 Å². The number of amides is 1. The van der Waals surface area contributed by atoms with Gasteiger partial charge in [-0.25, -0.2) is 9.50 Å². The highest BCUT2D eigenvalue weighted by molar-refractivity contribution is 7.98. The van der Waals surface area contributed by atoms with Gasteiger partial charge in [0.05, 0.1) is 0 Å². The molecule has 2 heterocycles. The zero-order valence-corrected chi connectivity index (χ0v) is 14.7. The number of hydrogen-bond acceptors (Lipinski definition) is 6. The molecule has 0 aliphatic carbocycles. The van der Waals surface area contributed by atoms with Crippen molar-refractivity contribution in [3.63, 3.8) is 0 Å². The van der Waals surface area contributed by atoms with Gasteiger partial charge >= 0.3 is 5.97 Å². The number of nitrogens with zero attached hydrogens (tertiary/aromatic N) is 3. The third-order valence-electron chi connectivity index (χ3n) is 3.76. The highest BCUT2D eigenvalue weighted by atomic mass is 32.2. The Morgan fingerprint density at radius 3 is 2.81 bits per heavy atom. The van der Waals surface area contributed by atoms with Gasteiger partial charge in [0.2, 0.25) is 0 Å². The van der Waals surface area contributed by atoms with Crippen LogP contribution in [0.25, 0.3) is 5.65 Å². The van der Waals surface area contributed by atoms with E-state index in [1.165, 1.54) is 28.7 Å². The molecule has 9 heteroatoms.